The number of aryl methyl sites for hydroxylation is 1. The third-order valence-electron chi connectivity index (χ3n) is 26.4. The monoisotopic (exact) mass is 1960 g/mol. The number of fused-ring (bicyclic) bond motifs is 6. The Morgan fingerprint density at radius 1 is 0.384 bits per heavy atom. The lowest BCUT2D eigenvalue weighted by atomic mass is 9.88. The largest absolute Gasteiger partial charge is 0.381 e. The van der Waals surface area contributed by atoms with Gasteiger partial charge >= 0.3 is 0 Å². The van der Waals surface area contributed by atoms with Gasteiger partial charge in [-0.15, -0.1) is 0 Å². The summed E-state index contributed by atoms with van der Waals surface area (Å²) in [5, 5.41) is 41.2. The highest BCUT2D eigenvalue weighted by Crippen LogP contribution is 2.50. The van der Waals surface area contributed by atoms with Gasteiger partial charge in [-0.1, -0.05) is 154 Å². The van der Waals surface area contributed by atoms with Crippen molar-refractivity contribution in [2.24, 2.45) is 13.0 Å². The molecule has 5 saturated carbocycles. The Labute approximate surface area is 820 Å². The van der Waals surface area contributed by atoms with Crippen LogP contribution in [0, 0.1) is 5.92 Å². The van der Waals surface area contributed by atoms with Crippen molar-refractivity contribution in [3.63, 3.8) is 0 Å². The summed E-state index contributed by atoms with van der Waals surface area (Å²) in [5.41, 5.74) is 11.9. The maximum absolute atomic E-state index is 12.8. The van der Waals surface area contributed by atoms with Crippen LogP contribution in [0.25, 0.3) is 82.5 Å². The minimum Gasteiger partial charge on any atom is -0.381 e. The lowest BCUT2D eigenvalue weighted by molar-refractivity contribution is -0.0734. The number of aromatic amines is 6. The van der Waals surface area contributed by atoms with Gasteiger partial charge < -0.3 is 75.8 Å². The molecule has 0 radical (unpaired) electrons. The van der Waals surface area contributed by atoms with Crippen molar-refractivity contribution in [2.45, 2.75) is 117 Å². The van der Waals surface area contributed by atoms with E-state index in [1.165, 1.54) is 0 Å². The number of nitrogens with one attached hydrogen (secondary N) is 12. The van der Waals surface area contributed by atoms with Crippen molar-refractivity contribution in [2.75, 3.05) is 26.4 Å². The molecule has 0 bridgehead atoms. The third kappa shape index (κ3) is 20.5. The topological polar surface area (TPSA) is 362 Å². The van der Waals surface area contributed by atoms with Crippen LogP contribution in [0.2, 0.25) is 30.1 Å². The van der Waals surface area contributed by atoms with Crippen LogP contribution >= 0.6 is 69.6 Å². The number of hydrogen-bond donors (Lipinski definition) is 12. The maximum Gasteiger partial charge on any atom is 0.268 e. The van der Waals surface area contributed by atoms with Gasteiger partial charge in [0.05, 0.1) is 41.9 Å². The van der Waals surface area contributed by atoms with E-state index >= 15 is 0 Å². The SMILES string of the molecule is CC1(NC(=O)c2cc3cc(Cl)ccc3[nH]2)CC1.Cn1cc(C2(NC(=O)c3cc4cc(Cl)ccc4[nH]3)CC2)cn1.O=C(NC1(C2CCOCC2)CC1)c1cc2cc(Cl)ccc2[nH]1.O=C(NC1(c2ccccc2)COC1)c1cc2cc(Cl)ccc2[nH]1.O=C(NC1(c2ccn(-c3ccccc3)n2)CC1)c1cc2cc(Cl)ccc2[nH]1.O=C(NC1(c2nc(-c3ccccc3)no2)CC1)c1cc2cc(Cl)ccc2[nH]1. The zero-order chi connectivity index (χ0) is 95.2. The van der Waals surface area contributed by atoms with Crippen molar-refractivity contribution in [3.8, 4) is 17.1 Å². The Kier molecular flexibility index (Phi) is 25.3. The lowest BCUT2D eigenvalue weighted by Crippen LogP contribution is -2.59. The van der Waals surface area contributed by atoms with E-state index < -0.39 is 11.1 Å². The van der Waals surface area contributed by atoms with Gasteiger partial charge in [-0.2, -0.15) is 15.2 Å². The van der Waals surface area contributed by atoms with Crippen LogP contribution in [0.5, 0.6) is 0 Å². The number of halogens is 6. The first-order valence-electron chi connectivity index (χ1n) is 45.6. The molecular formula is C105H94Cl6N18O9. The van der Waals surface area contributed by atoms with E-state index in [-0.39, 0.29) is 57.6 Å². The standard InChI is InChI=1S/C21H17ClN4O.C20H15ClN4O2.C18H15ClN2O2.C17H19ClN2O2.C16H15ClN4O.C13H13ClN2O/c22-15-6-7-17-14(12-15)13-18(23-17)20(27)24-21(9-10-21)19-8-11-26(25-19)16-4-2-1-3-5-16;21-14-6-7-15-13(10-14)11-16(22-15)18(26)24-20(8-9-20)19-23-17(25-27-19)12-4-2-1-3-5-12;19-14-6-7-15-12(8-14)9-16(20-15)17(22)21-18(10-23-11-18)13-4-2-1-3-5-13;18-13-1-2-14-11(9-13)10-15(19-14)16(21)20-17(5-6-17)12-3-7-22-8-4-12;1-21-9-11(8-18-21)16(4-5-16)20-15(22)14-7-10-6-12(17)2-3-13(10)19-14;1-13(4-5-13)16-12(17)11-7-8-6-9(14)2-3-10(8)15-11/h1-8,11-13,23H,9-10H2,(H,24,27);1-7,10-11,22H,8-9H2,(H,24,26);1-9,20H,10-11H2,(H,21,22);1-2,9-10,12,19H,3-8H2,(H,20,21);2-3,6-9,19H,4-5H2,1H3,(H,20,22);2-3,6-7,15H,4-5H2,1H3,(H,16,17). The van der Waals surface area contributed by atoms with E-state index in [0.29, 0.717) is 95.1 Å². The molecular weight excluding hydrogens is 1870 g/mol. The summed E-state index contributed by atoms with van der Waals surface area (Å²) >= 11 is 35.9. The highest BCUT2D eigenvalue weighted by molar-refractivity contribution is 6.33. The molecule has 2 aliphatic heterocycles. The number of amides is 6. The van der Waals surface area contributed by atoms with Crippen LogP contribution in [0.15, 0.2) is 266 Å². The minimum absolute atomic E-state index is 0.00416. The number of H-pyrrole nitrogens is 6. The molecule has 11 heterocycles. The van der Waals surface area contributed by atoms with Gasteiger partial charge in [-0.3, -0.25) is 33.4 Å². The molecule has 700 valence electrons. The smallest absolute Gasteiger partial charge is 0.268 e. The number of para-hydroxylation sites is 1. The number of carbonyl (C=O) groups excluding carboxylic acids is 6. The van der Waals surface area contributed by atoms with E-state index in [9.17, 15) is 28.8 Å². The van der Waals surface area contributed by atoms with Crippen LogP contribution in [0.3, 0.4) is 0 Å². The summed E-state index contributed by atoms with van der Waals surface area (Å²) in [6.07, 6.45) is 17.3. The molecule has 18 aromatic rings. The van der Waals surface area contributed by atoms with Crippen LogP contribution < -0.4 is 31.9 Å². The highest BCUT2D eigenvalue weighted by Gasteiger charge is 2.53. The number of rotatable bonds is 19. The van der Waals surface area contributed by atoms with Crippen LogP contribution in [-0.2, 0) is 38.7 Å². The first-order chi connectivity index (χ1) is 66.7. The van der Waals surface area contributed by atoms with Crippen molar-refractivity contribution < 1.29 is 42.8 Å². The van der Waals surface area contributed by atoms with Gasteiger partial charge in [0.25, 0.3) is 41.3 Å². The highest BCUT2D eigenvalue weighted by atomic mass is 35.5. The number of carbonyl (C=O) groups is 6. The molecule has 6 amide bonds. The Bertz CT molecular complexity index is 7450. The van der Waals surface area contributed by atoms with Crippen LogP contribution in [-0.4, -0.2) is 133 Å². The quantitative estimate of drug-likeness (QED) is 0.0359. The van der Waals surface area contributed by atoms with E-state index in [4.69, 9.17) is 88.7 Å². The number of aromatic nitrogens is 12. The zero-order valence-corrected chi connectivity index (χ0v) is 79.4. The molecule has 138 heavy (non-hydrogen) atoms. The van der Waals surface area contributed by atoms with Crippen molar-refractivity contribution in [1.29, 1.82) is 0 Å². The molecule has 5 aliphatic carbocycles. The molecule has 0 unspecified atom stereocenters. The van der Waals surface area contributed by atoms with Crippen molar-refractivity contribution in [3.05, 3.63) is 348 Å². The minimum atomic E-state index is -0.591. The van der Waals surface area contributed by atoms with E-state index in [2.05, 4.69) is 84.0 Å². The summed E-state index contributed by atoms with van der Waals surface area (Å²) in [7, 11) is 1.88. The molecule has 33 heteroatoms. The normalized spacial score (nSPS) is 16.5. The fraction of sp³-hybridized carbons (Fsp3) is 0.238. The average Bonchev–Trinajstić information content (AvgIpc) is 1.63. The Balaban J connectivity index is 0.000000103. The lowest BCUT2D eigenvalue weighted by Gasteiger charge is -2.42. The number of benzene rings is 9. The van der Waals surface area contributed by atoms with E-state index in [1.54, 1.807) is 35.0 Å². The molecule has 0 atom stereocenters. The maximum atomic E-state index is 12.8. The zero-order valence-electron chi connectivity index (χ0n) is 74.8. The Morgan fingerprint density at radius 3 is 1.12 bits per heavy atom. The fourth-order valence-electron chi connectivity index (χ4n) is 17.6. The van der Waals surface area contributed by atoms with E-state index in [0.717, 1.165) is 184 Å². The molecule has 2 saturated heterocycles. The van der Waals surface area contributed by atoms with Crippen LogP contribution in [0.4, 0.5) is 0 Å². The summed E-state index contributed by atoms with van der Waals surface area (Å²) in [5.74, 6) is 0.851. The predicted octanol–water partition coefficient (Wildman–Crippen LogP) is 21.8. The molecule has 27 nitrogen and oxygen atoms in total. The second-order valence-corrected chi connectivity index (χ2v) is 39.3. The third-order valence-corrected chi connectivity index (χ3v) is 27.9. The molecule has 9 aromatic heterocycles. The summed E-state index contributed by atoms with van der Waals surface area (Å²) in [6, 6.07) is 75.6. The molecule has 7 aliphatic rings. The number of nitrogens with zero attached hydrogens (tertiary/aromatic N) is 6. The van der Waals surface area contributed by atoms with Gasteiger partial charge in [0.15, 0.2) is 0 Å². The first kappa shape index (κ1) is 92.0. The average molecular weight is 1960 g/mol. The van der Waals surface area contributed by atoms with E-state index in [1.807, 2.05) is 243 Å². The van der Waals surface area contributed by atoms with Gasteiger partial charge in [-0.05, 0) is 259 Å². The molecule has 7 fully saturated rings. The number of ether oxygens (including phenoxy) is 2. The second-order valence-electron chi connectivity index (χ2n) is 36.7. The van der Waals surface area contributed by atoms with Gasteiger partial charge in [-0.25, -0.2) is 4.68 Å². The molecule has 9 aromatic carbocycles. The summed E-state index contributed by atoms with van der Waals surface area (Å²) in [6.45, 7) is 4.65. The van der Waals surface area contributed by atoms with Crippen LogP contribution in [0.1, 0.15) is 170 Å². The summed E-state index contributed by atoms with van der Waals surface area (Å²) in [4.78, 5) is 98.6. The van der Waals surface area contributed by atoms with Gasteiger partial charge in [0.2, 0.25) is 5.82 Å². The molecule has 0 spiro atoms. The fourth-order valence-corrected chi connectivity index (χ4v) is 18.7. The van der Waals surface area contributed by atoms with Gasteiger partial charge in [0.1, 0.15) is 45.2 Å². The predicted molar refractivity (Wildman–Crippen MR) is 536 cm³/mol. The number of hydrogen-bond acceptors (Lipinski definition) is 13. The molecule has 25 rings (SSSR count). The Morgan fingerprint density at radius 2 is 0.754 bits per heavy atom. The van der Waals surface area contributed by atoms with Crippen molar-refractivity contribution >= 4 is 170 Å². The second kappa shape index (κ2) is 38.0. The summed E-state index contributed by atoms with van der Waals surface area (Å²) < 4.78 is 19.8. The molecule has 12 N–H and O–H groups in total. The Hall–Kier alpha value is -13.7. The van der Waals surface area contributed by atoms with Crippen molar-refractivity contribution in [1.82, 2.24) is 91.5 Å². The first-order valence-corrected chi connectivity index (χ1v) is 47.8. The van der Waals surface area contributed by atoms with Gasteiger partial charge in [0, 0.05) is 150 Å².